The first-order chi connectivity index (χ1) is 12.8. The number of nitrogens with zero attached hydrogens (tertiary/aromatic N) is 7. The molecular weight excluding hydrogens is 360 g/mol. The number of aryl methyl sites for hydroxylation is 1. The molecule has 2 aromatic heterocycles. The molecule has 0 aliphatic carbocycles. The van der Waals surface area contributed by atoms with Gasteiger partial charge in [0.25, 0.3) is 11.6 Å². The molecule has 1 amide bonds. The monoisotopic (exact) mass is 372 g/mol. The molecule has 3 rings (SSSR count). The van der Waals surface area contributed by atoms with Gasteiger partial charge in [-0.05, 0) is 29.5 Å². The largest absolute Gasteiger partial charge is 0.491 e. The molecule has 0 radical (unpaired) electrons. The first-order valence-corrected chi connectivity index (χ1v) is 7.47. The number of carbonyl (C=O) groups is 1. The predicted octanol–water partition coefficient (Wildman–Crippen LogP) is 1.36. The Kier molecular flexibility index (Phi) is 4.57. The van der Waals surface area contributed by atoms with E-state index in [1.54, 1.807) is 6.92 Å². The number of amides is 1. The Morgan fingerprint density at radius 2 is 1.93 bits per heavy atom. The molecule has 0 aliphatic heterocycles. The number of nitro groups is 2. The summed E-state index contributed by atoms with van der Waals surface area (Å²) < 4.78 is 2.56. The summed E-state index contributed by atoms with van der Waals surface area (Å²) in [5, 5.41) is 31.7. The van der Waals surface area contributed by atoms with Crippen molar-refractivity contribution < 1.29 is 14.6 Å². The van der Waals surface area contributed by atoms with Gasteiger partial charge in [0.2, 0.25) is 6.33 Å². The van der Waals surface area contributed by atoms with Gasteiger partial charge in [0.1, 0.15) is 0 Å². The van der Waals surface area contributed by atoms with E-state index in [-0.39, 0.29) is 18.1 Å². The maximum atomic E-state index is 12.3. The molecule has 13 heteroatoms. The minimum atomic E-state index is -0.717. The fraction of sp³-hybridized carbons (Fsp3) is 0.143. The molecule has 3 aromatic rings. The van der Waals surface area contributed by atoms with Crippen molar-refractivity contribution in [3.8, 4) is 0 Å². The van der Waals surface area contributed by atoms with Crippen LogP contribution in [0, 0.1) is 27.2 Å². The van der Waals surface area contributed by atoms with E-state index in [4.69, 9.17) is 0 Å². The summed E-state index contributed by atoms with van der Waals surface area (Å²) in [6, 6.07) is 5.54. The molecule has 1 aromatic carbocycles. The molecule has 0 fully saturated rings. The second-order valence-electron chi connectivity index (χ2n) is 5.43. The van der Waals surface area contributed by atoms with Crippen LogP contribution in [0.5, 0.6) is 0 Å². The van der Waals surface area contributed by atoms with Crippen LogP contribution >= 0.6 is 0 Å². The van der Waals surface area contributed by atoms with E-state index in [1.807, 2.05) is 0 Å². The zero-order valence-corrected chi connectivity index (χ0v) is 13.8. The minimum absolute atomic E-state index is 0.0324. The Balaban J connectivity index is 1.69. The van der Waals surface area contributed by atoms with E-state index in [0.29, 0.717) is 11.3 Å². The summed E-state index contributed by atoms with van der Waals surface area (Å²) in [6.07, 6.45) is 2.69. The van der Waals surface area contributed by atoms with Gasteiger partial charge >= 0.3 is 5.95 Å². The quantitative estimate of drug-likeness (QED) is 0.500. The Hall–Kier alpha value is -4.16. The first kappa shape index (κ1) is 17.7. The number of aromatic nitrogens is 5. The third-order valence-corrected chi connectivity index (χ3v) is 3.52. The molecular formula is C14H12N8O5. The van der Waals surface area contributed by atoms with Crippen LogP contribution in [-0.4, -0.2) is 40.3 Å². The van der Waals surface area contributed by atoms with E-state index >= 15 is 0 Å². The lowest BCUT2D eigenvalue weighted by Gasteiger charge is -2.06. The molecule has 2 heterocycles. The van der Waals surface area contributed by atoms with Crippen molar-refractivity contribution in [1.82, 2.24) is 24.5 Å². The standard InChI is InChI=1S/C14H12N8O5/c1-9-6-10(21(24)25)2-3-11(9)16-13(23)12-4-5-19(17-12)8-20-7-15-14(18-20)22(26)27/h2-7H,8H2,1H3,(H,16,23). The van der Waals surface area contributed by atoms with Crippen LogP contribution in [0.3, 0.4) is 0 Å². The minimum Gasteiger partial charge on any atom is -0.390 e. The van der Waals surface area contributed by atoms with Gasteiger partial charge in [-0.1, -0.05) is 4.98 Å². The highest BCUT2D eigenvalue weighted by atomic mass is 16.6. The summed E-state index contributed by atoms with van der Waals surface area (Å²) >= 11 is 0. The summed E-state index contributed by atoms with van der Waals surface area (Å²) in [7, 11) is 0. The third-order valence-electron chi connectivity index (χ3n) is 3.52. The number of benzene rings is 1. The highest BCUT2D eigenvalue weighted by Crippen LogP contribution is 2.21. The highest BCUT2D eigenvalue weighted by Gasteiger charge is 2.16. The van der Waals surface area contributed by atoms with Crippen molar-refractivity contribution in [3.05, 3.63) is 68.3 Å². The van der Waals surface area contributed by atoms with Gasteiger partial charge in [-0.2, -0.15) is 9.78 Å². The lowest BCUT2D eigenvalue weighted by molar-refractivity contribution is -0.394. The van der Waals surface area contributed by atoms with Crippen molar-refractivity contribution in [2.24, 2.45) is 0 Å². The summed E-state index contributed by atoms with van der Waals surface area (Å²) in [4.78, 5) is 35.9. The molecule has 1 N–H and O–H groups in total. The summed E-state index contributed by atoms with van der Waals surface area (Å²) in [5.74, 6) is -1.04. The number of nitro benzene ring substituents is 1. The Morgan fingerprint density at radius 1 is 1.15 bits per heavy atom. The molecule has 13 nitrogen and oxygen atoms in total. The SMILES string of the molecule is Cc1cc([N+](=O)[O-])ccc1NC(=O)c1ccn(Cn2cnc([N+](=O)[O-])n2)n1. The number of rotatable bonds is 6. The zero-order chi connectivity index (χ0) is 19.6. The molecule has 0 saturated heterocycles. The molecule has 0 atom stereocenters. The molecule has 0 aliphatic rings. The highest BCUT2D eigenvalue weighted by molar-refractivity contribution is 6.03. The molecule has 0 unspecified atom stereocenters. The lowest BCUT2D eigenvalue weighted by atomic mass is 10.1. The normalized spacial score (nSPS) is 10.6. The van der Waals surface area contributed by atoms with Gasteiger partial charge in [0, 0.05) is 29.1 Å². The van der Waals surface area contributed by atoms with Gasteiger partial charge in [0.15, 0.2) is 12.4 Å². The number of nitrogens with one attached hydrogen (secondary N) is 1. The topological polar surface area (TPSA) is 164 Å². The summed E-state index contributed by atoms with van der Waals surface area (Å²) in [5.41, 5.74) is 0.984. The van der Waals surface area contributed by atoms with Crippen molar-refractivity contribution in [2.45, 2.75) is 13.6 Å². The van der Waals surface area contributed by atoms with Gasteiger partial charge in [-0.3, -0.25) is 14.9 Å². The van der Waals surface area contributed by atoms with E-state index in [1.165, 1.54) is 46.2 Å². The van der Waals surface area contributed by atoms with Gasteiger partial charge in [-0.15, -0.1) is 0 Å². The third kappa shape index (κ3) is 3.92. The Morgan fingerprint density at radius 3 is 2.56 bits per heavy atom. The molecule has 0 saturated carbocycles. The number of hydrogen-bond donors (Lipinski definition) is 1. The molecule has 27 heavy (non-hydrogen) atoms. The van der Waals surface area contributed by atoms with E-state index < -0.39 is 21.7 Å². The van der Waals surface area contributed by atoms with Crippen LogP contribution in [0.2, 0.25) is 0 Å². The molecule has 0 spiro atoms. The maximum Gasteiger partial charge on any atom is 0.491 e. The van der Waals surface area contributed by atoms with Crippen molar-refractivity contribution in [2.75, 3.05) is 5.32 Å². The van der Waals surface area contributed by atoms with E-state index in [9.17, 15) is 25.0 Å². The van der Waals surface area contributed by atoms with Crippen molar-refractivity contribution in [1.29, 1.82) is 0 Å². The van der Waals surface area contributed by atoms with Gasteiger partial charge in [0.05, 0.1) is 4.92 Å². The number of anilines is 1. The first-order valence-electron chi connectivity index (χ1n) is 7.47. The number of non-ortho nitro benzene ring substituents is 1. The van der Waals surface area contributed by atoms with Crippen LogP contribution < -0.4 is 5.32 Å². The summed E-state index contributed by atoms with van der Waals surface area (Å²) in [6.45, 7) is 1.67. The van der Waals surface area contributed by atoms with Crippen LogP contribution in [0.15, 0.2) is 36.8 Å². The average molecular weight is 372 g/mol. The van der Waals surface area contributed by atoms with Gasteiger partial charge in [-0.25, -0.2) is 4.68 Å². The average Bonchev–Trinajstić information content (AvgIpc) is 3.26. The fourth-order valence-corrected chi connectivity index (χ4v) is 2.23. The number of hydrogen-bond acceptors (Lipinski definition) is 8. The van der Waals surface area contributed by atoms with Crippen molar-refractivity contribution in [3.63, 3.8) is 0 Å². The van der Waals surface area contributed by atoms with Crippen molar-refractivity contribution >= 4 is 23.2 Å². The van der Waals surface area contributed by atoms with Crippen LogP contribution in [0.4, 0.5) is 17.3 Å². The maximum absolute atomic E-state index is 12.3. The van der Waals surface area contributed by atoms with E-state index in [2.05, 4.69) is 20.5 Å². The molecule has 138 valence electrons. The zero-order valence-electron chi connectivity index (χ0n) is 13.8. The smallest absolute Gasteiger partial charge is 0.390 e. The second-order valence-corrected chi connectivity index (χ2v) is 5.43. The van der Waals surface area contributed by atoms with E-state index in [0.717, 1.165) is 0 Å². The predicted molar refractivity (Wildman–Crippen MR) is 90.1 cm³/mol. The Bertz CT molecular complexity index is 1040. The van der Waals surface area contributed by atoms with Crippen LogP contribution in [-0.2, 0) is 6.67 Å². The Labute approximate surface area is 150 Å². The number of carbonyl (C=O) groups excluding carboxylic acids is 1. The van der Waals surface area contributed by atoms with Crippen LogP contribution in [0.1, 0.15) is 16.1 Å². The second kappa shape index (κ2) is 6.99. The van der Waals surface area contributed by atoms with Gasteiger partial charge < -0.3 is 15.4 Å². The molecule has 0 bridgehead atoms. The fourth-order valence-electron chi connectivity index (χ4n) is 2.23. The van der Waals surface area contributed by atoms with Crippen LogP contribution in [0.25, 0.3) is 0 Å². The lowest BCUT2D eigenvalue weighted by Crippen LogP contribution is -2.15.